The fourth-order valence-electron chi connectivity index (χ4n) is 8.21. The molecule has 0 bridgehead atoms. The number of aromatic nitrogens is 2. The average Bonchev–Trinajstić information content (AvgIpc) is 3.57. The maximum atomic E-state index is 7.69. The van der Waals surface area contributed by atoms with Crippen molar-refractivity contribution >= 4 is 76.8 Å². The van der Waals surface area contributed by atoms with Crippen LogP contribution in [0, 0.1) is 6.57 Å². The van der Waals surface area contributed by atoms with Gasteiger partial charge >= 0.3 is 0 Å². The predicted octanol–water partition coefficient (Wildman–Crippen LogP) is 14.4. The molecule has 0 unspecified atom stereocenters. The van der Waals surface area contributed by atoms with Crippen LogP contribution in [0.1, 0.15) is 5.69 Å². The minimum atomic E-state index is 0.631. The van der Waals surface area contributed by atoms with Gasteiger partial charge in [-0.1, -0.05) is 134 Å². The zero-order valence-corrected chi connectivity index (χ0v) is 29.9. The molecule has 8 aromatic carbocycles. The zero-order valence-electron chi connectivity index (χ0n) is 29.9. The molecular weight excluding hydrogens is 667 g/mol. The van der Waals surface area contributed by atoms with E-state index in [1.165, 1.54) is 26.9 Å². The minimum Gasteiger partial charge on any atom is -0.311 e. The summed E-state index contributed by atoms with van der Waals surface area (Å²) in [6.07, 6.45) is 9.86. The molecule has 0 saturated carbocycles. The molecule has 0 atom stereocenters. The van der Waals surface area contributed by atoms with Crippen molar-refractivity contribution in [2.45, 2.75) is 0 Å². The van der Waals surface area contributed by atoms with Gasteiger partial charge in [-0.15, -0.1) is 0 Å². The summed E-state index contributed by atoms with van der Waals surface area (Å²) in [5.41, 5.74) is 10.3. The van der Waals surface area contributed by atoms with E-state index in [1.807, 2.05) is 36.4 Å². The highest BCUT2D eigenvalue weighted by Crippen LogP contribution is 2.42. The van der Waals surface area contributed by atoms with E-state index in [0.29, 0.717) is 5.69 Å². The number of nitrogens with zero attached hydrogens (tertiary/aromatic N) is 3. The first-order chi connectivity index (χ1) is 27.2. The Morgan fingerprint density at radius 2 is 1.29 bits per heavy atom. The van der Waals surface area contributed by atoms with Gasteiger partial charge in [0.2, 0.25) is 0 Å². The molecule has 55 heavy (non-hydrogen) atoms. The molecule has 0 fully saturated rings. The van der Waals surface area contributed by atoms with Crippen LogP contribution < -0.4 is 0 Å². The lowest BCUT2D eigenvalue weighted by atomic mass is 9.89. The van der Waals surface area contributed by atoms with Crippen LogP contribution in [0.2, 0.25) is 0 Å². The fourth-order valence-corrected chi connectivity index (χ4v) is 8.21. The summed E-state index contributed by atoms with van der Waals surface area (Å²) >= 11 is 0. The van der Waals surface area contributed by atoms with Gasteiger partial charge in [-0.2, -0.15) is 0 Å². The van der Waals surface area contributed by atoms with Crippen LogP contribution in [0.4, 0.5) is 5.69 Å². The monoisotopic (exact) mass is 699 g/mol. The van der Waals surface area contributed by atoms with E-state index in [2.05, 4.69) is 162 Å². The smallest absolute Gasteiger partial charge is 0.189 e. The van der Waals surface area contributed by atoms with Crippen molar-refractivity contribution in [1.82, 2.24) is 9.55 Å². The van der Waals surface area contributed by atoms with E-state index in [1.54, 1.807) is 6.08 Å². The maximum Gasteiger partial charge on any atom is 0.189 e. The van der Waals surface area contributed by atoms with Gasteiger partial charge in [0.1, 0.15) is 0 Å². The Kier molecular flexibility index (Phi) is 7.68. The van der Waals surface area contributed by atoms with Crippen molar-refractivity contribution in [3.8, 4) is 27.9 Å². The van der Waals surface area contributed by atoms with Gasteiger partial charge in [0.05, 0.1) is 23.3 Å². The largest absolute Gasteiger partial charge is 0.311 e. The molecule has 0 aliphatic rings. The van der Waals surface area contributed by atoms with Crippen LogP contribution in [-0.4, -0.2) is 9.55 Å². The molecule has 0 aliphatic carbocycles. The van der Waals surface area contributed by atoms with Crippen LogP contribution in [0.5, 0.6) is 0 Å². The lowest BCUT2D eigenvalue weighted by Crippen LogP contribution is -1.93. The van der Waals surface area contributed by atoms with E-state index < -0.39 is 0 Å². The molecule has 0 aliphatic heterocycles. The zero-order chi connectivity index (χ0) is 36.9. The van der Waals surface area contributed by atoms with E-state index in [4.69, 9.17) is 11.6 Å². The summed E-state index contributed by atoms with van der Waals surface area (Å²) in [6.45, 7) is 11.5. The lowest BCUT2D eigenvalue weighted by molar-refractivity contribution is 1.18. The normalized spacial score (nSPS) is 11.9. The van der Waals surface area contributed by atoms with Crippen LogP contribution in [0.15, 0.2) is 189 Å². The van der Waals surface area contributed by atoms with Crippen molar-refractivity contribution in [3.63, 3.8) is 0 Å². The highest BCUT2D eigenvalue weighted by molar-refractivity contribution is 6.25. The van der Waals surface area contributed by atoms with Crippen molar-refractivity contribution in [2.75, 3.05) is 0 Å². The molecule has 256 valence electrons. The Balaban J connectivity index is 1.19. The molecule has 3 nitrogen and oxygen atoms in total. The molecule has 10 aromatic rings. The molecule has 0 radical (unpaired) electrons. The SMILES string of the molecule is [C-]#[N+]c1ccc2c3cc(-c4cccc(-c5cc6c(/C=C/C=C\C=C)nc7cc8ccccc8cc7c6c6ccccc56)c4)ccc3n(-c3ccccc3)c2c1. The van der Waals surface area contributed by atoms with Crippen molar-refractivity contribution in [3.05, 3.63) is 206 Å². The number of hydrogen-bond acceptors (Lipinski definition) is 1. The Morgan fingerprint density at radius 1 is 0.527 bits per heavy atom. The molecule has 0 spiro atoms. The molecule has 0 saturated heterocycles. The van der Waals surface area contributed by atoms with Crippen LogP contribution in [-0.2, 0) is 0 Å². The number of benzene rings is 8. The summed E-state index contributed by atoms with van der Waals surface area (Å²) in [4.78, 5) is 9.03. The van der Waals surface area contributed by atoms with Crippen molar-refractivity contribution in [1.29, 1.82) is 0 Å². The second kappa shape index (κ2) is 13.1. The quantitative estimate of drug-likeness (QED) is 0.0733. The molecular formula is C52H33N3. The average molecular weight is 700 g/mol. The second-order valence-corrected chi connectivity index (χ2v) is 13.9. The van der Waals surface area contributed by atoms with E-state index in [-0.39, 0.29) is 0 Å². The fraction of sp³-hybridized carbons (Fsp3) is 0. The van der Waals surface area contributed by atoms with Gasteiger partial charge in [-0.3, -0.25) is 0 Å². The van der Waals surface area contributed by atoms with Gasteiger partial charge in [0.15, 0.2) is 5.69 Å². The highest BCUT2D eigenvalue weighted by Gasteiger charge is 2.17. The van der Waals surface area contributed by atoms with Crippen LogP contribution in [0.25, 0.3) is 104 Å². The summed E-state index contributed by atoms with van der Waals surface area (Å²) in [5.74, 6) is 0. The van der Waals surface area contributed by atoms with Gasteiger partial charge in [0, 0.05) is 38.1 Å². The number of allylic oxidation sites excluding steroid dienone is 4. The molecule has 10 rings (SSSR count). The third kappa shape index (κ3) is 5.40. The Morgan fingerprint density at radius 3 is 2.13 bits per heavy atom. The number of rotatable bonds is 6. The third-order valence-electron chi connectivity index (χ3n) is 10.7. The number of fused-ring (bicyclic) bond motifs is 9. The van der Waals surface area contributed by atoms with Gasteiger partial charge in [-0.05, 0) is 104 Å². The Bertz CT molecular complexity index is 3280. The first-order valence-electron chi connectivity index (χ1n) is 18.4. The van der Waals surface area contributed by atoms with Crippen molar-refractivity contribution in [2.24, 2.45) is 0 Å². The van der Waals surface area contributed by atoms with Crippen molar-refractivity contribution < 1.29 is 0 Å². The molecule has 0 N–H and O–H groups in total. The number of hydrogen-bond donors (Lipinski definition) is 0. The minimum absolute atomic E-state index is 0.631. The highest BCUT2D eigenvalue weighted by atomic mass is 15.0. The van der Waals surface area contributed by atoms with Gasteiger partial charge < -0.3 is 4.57 Å². The summed E-state index contributed by atoms with van der Waals surface area (Å²) < 4.78 is 2.26. The van der Waals surface area contributed by atoms with E-state index >= 15 is 0 Å². The summed E-state index contributed by atoms with van der Waals surface area (Å²) in [6, 6.07) is 56.1. The molecule has 2 aromatic heterocycles. The van der Waals surface area contributed by atoms with Crippen LogP contribution in [0.3, 0.4) is 0 Å². The number of pyridine rings is 1. The standard InChI is InChI=1S/C52H33N3/c1-3-4-5-9-23-48-47-33-44(41-21-12-13-22-43(41)52(47)46-30-35-15-10-11-16-36(35)31-49(46)54-48)38-18-14-17-34(28-38)37-24-27-50-45(29-37)42-26-25-39(53-2)32-51(42)55(50)40-19-7-6-8-20-40/h3-33H,1H2/b5-4-,23-9+. The molecule has 2 heterocycles. The summed E-state index contributed by atoms with van der Waals surface area (Å²) in [7, 11) is 0. The second-order valence-electron chi connectivity index (χ2n) is 13.9. The van der Waals surface area contributed by atoms with E-state index in [0.717, 1.165) is 71.7 Å². The van der Waals surface area contributed by atoms with Crippen LogP contribution >= 0.6 is 0 Å². The topological polar surface area (TPSA) is 22.2 Å². The third-order valence-corrected chi connectivity index (χ3v) is 10.7. The first kappa shape index (κ1) is 32.1. The predicted molar refractivity (Wildman–Crippen MR) is 234 cm³/mol. The first-order valence-corrected chi connectivity index (χ1v) is 18.4. The van der Waals surface area contributed by atoms with Gasteiger partial charge in [-0.25, -0.2) is 9.83 Å². The Labute approximate surface area is 318 Å². The maximum absolute atomic E-state index is 7.69. The lowest BCUT2D eigenvalue weighted by Gasteiger charge is -2.16. The van der Waals surface area contributed by atoms with E-state index in [9.17, 15) is 0 Å². The molecule has 3 heteroatoms. The Hall–Kier alpha value is -7.54. The molecule has 0 amide bonds. The summed E-state index contributed by atoms with van der Waals surface area (Å²) in [5, 5.41) is 10.5. The number of para-hydroxylation sites is 1. The van der Waals surface area contributed by atoms with Gasteiger partial charge in [0.25, 0.3) is 0 Å².